The first-order valence-electron chi connectivity index (χ1n) is 6.87. The van der Waals surface area contributed by atoms with E-state index in [-0.39, 0.29) is 6.61 Å². The monoisotopic (exact) mass is 271 g/mol. The molecule has 0 saturated heterocycles. The van der Waals surface area contributed by atoms with Crippen molar-refractivity contribution in [1.82, 2.24) is 5.32 Å². The lowest BCUT2D eigenvalue weighted by Crippen LogP contribution is -2.27. The van der Waals surface area contributed by atoms with Crippen molar-refractivity contribution in [2.45, 2.75) is 32.5 Å². The van der Waals surface area contributed by atoms with Crippen LogP contribution in [0, 0.1) is 0 Å². The average molecular weight is 271 g/mol. The molecule has 0 aliphatic heterocycles. The van der Waals surface area contributed by atoms with Crippen LogP contribution in [-0.2, 0) is 19.6 Å². The summed E-state index contributed by atoms with van der Waals surface area (Å²) in [7, 11) is 0. The molecule has 2 aromatic carbocycles. The van der Waals surface area contributed by atoms with E-state index in [1.54, 1.807) is 12.1 Å². The number of aliphatic hydroxyl groups excluding tert-OH is 1. The lowest BCUT2D eigenvalue weighted by Gasteiger charge is -2.14. The maximum absolute atomic E-state index is 9.26. The van der Waals surface area contributed by atoms with E-state index < -0.39 is 0 Å². The number of aliphatic hydroxyl groups is 1. The van der Waals surface area contributed by atoms with Crippen LogP contribution in [0.5, 0.6) is 5.75 Å². The Kier molecular flexibility index (Phi) is 5.16. The van der Waals surface area contributed by atoms with Crippen LogP contribution in [0.2, 0.25) is 0 Å². The molecular formula is C17H21NO2. The molecule has 3 N–H and O–H groups in total. The normalized spacial score (nSPS) is 12.3. The molecule has 0 radical (unpaired) electrons. The van der Waals surface area contributed by atoms with Gasteiger partial charge in [-0.2, -0.15) is 0 Å². The first-order valence-corrected chi connectivity index (χ1v) is 6.87. The fraction of sp³-hybridized carbons (Fsp3) is 0.294. The van der Waals surface area contributed by atoms with Crippen LogP contribution in [0.15, 0.2) is 48.5 Å². The third-order valence-electron chi connectivity index (χ3n) is 3.31. The third kappa shape index (κ3) is 4.37. The molecule has 0 aromatic heterocycles. The van der Waals surface area contributed by atoms with E-state index in [1.165, 1.54) is 11.1 Å². The second kappa shape index (κ2) is 7.08. The molecular weight excluding hydrogens is 250 g/mol. The maximum Gasteiger partial charge on any atom is 0.115 e. The zero-order valence-corrected chi connectivity index (χ0v) is 11.7. The molecule has 0 spiro atoms. The van der Waals surface area contributed by atoms with Crippen LogP contribution in [0.25, 0.3) is 0 Å². The van der Waals surface area contributed by atoms with Crippen molar-refractivity contribution in [3.05, 3.63) is 65.2 Å². The molecule has 2 aromatic rings. The minimum Gasteiger partial charge on any atom is -0.508 e. The van der Waals surface area contributed by atoms with Crippen molar-refractivity contribution in [2.75, 3.05) is 0 Å². The molecule has 0 aliphatic carbocycles. The van der Waals surface area contributed by atoms with Gasteiger partial charge in [0.05, 0.1) is 6.61 Å². The second-order valence-electron chi connectivity index (χ2n) is 5.13. The average Bonchev–Trinajstić information content (AvgIpc) is 2.48. The van der Waals surface area contributed by atoms with E-state index in [4.69, 9.17) is 5.11 Å². The SMILES string of the molecule is CC(Cc1ccc(O)cc1)NCc1cccc(CO)c1. The standard InChI is InChI=1S/C17H21NO2/c1-13(9-14-5-7-17(20)8-6-14)18-11-15-3-2-4-16(10-15)12-19/h2-8,10,13,18-20H,9,11-12H2,1H3. The predicted molar refractivity (Wildman–Crippen MR) is 80.5 cm³/mol. The highest BCUT2D eigenvalue weighted by molar-refractivity contribution is 5.26. The van der Waals surface area contributed by atoms with E-state index >= 15 is 0 Å². The Labute approximate surface area is 119 Å². The Morgan fingerprint density at radius 2 is 1.70 bits per heavy atom. The van der Waals surface area contributed by atoms with Crippen molar-refractivity contribution >= 4 is 0 Å². The molecule has 1 atom stereocenters. The Morgan fingerprint density at radius 3 is 2.40 bits per heavy atom. The fourth-order valence-electron chi connectivity index (χ4n) is 2.19. The Morgan fingerprint density at radius 1 is 1.00 bits per heavy atom. The summed E-state index contributed by atoms with van der Waals surface area (Å²) in [6.07, 6.45) is 0.917. The summed E-state index contributed by atoms with van der Waals surface area (Å²) in [5.74, 6) is 0.301. The van der Waals surface area contributed by atoms with Crippen LogP contribution in [0.3, 0.4) is 0 Å². The topological polar surface area (TPSA) is 52.5 Å². The highest BCUT2D eigenvalue weighted by Crippen LogP contribution is 2.11. The van der Waals surface area contributed by atoms with Crippen molar-refractivity contribution in [2.24, 2.45) is 0 Å². The van der Waals surface area contributed by atoms with Gasteiger partial charge in [-0.3, -0.25) is 0 Å². The van der Waals surface area contributed by atoms with Gasteiger partial charge in [0.15, 0.2) is 0 Å². The van der Waals surface area contributed by atoms with Crippen LogP contribution in [0.1, 0.15) is 23.6 Å². The molecule has 3 heteroatoms. The largest absolute Gasteiger partial charge is 0.508 e. The number of hydrogen-bond donors (Lipinski definition) is 3. The van der Waals surface area contributed by atoms with Gasteiger partial charge in [0.25, 0.3) is 0 Å². The lowest BCUT2D eigenvalue weighted by molar-refractivity contribution is 0.281. The van der Waals surface area contributed by atoms with Crippen LogP contribution in [0.4, 0.5) is 0 Å². The molecule has 0 fully saturated rings. The molecule has 0 aliphatic rings. The number of phenolic OH excluding ortho intramolecular Hbond substituents is 1. The van der Waals surface area contributed by atoms with Crippen molar-refractivity contribution in [3.8, 4) is 5.75 Å². The number of benzene rings is 2. The lowest BCUT2D eigenvalue weighted by atomic mass is 10.1. The van der Waals surface area contributed by atoms with Gasteiger partial charge in [0.1, 0.15) is 5.75 Å². The number of hydrogen-bond acceptors (Lipinski definition) is 3. The Bertz CT molecular complexity index is 537. The summed E-state index contributed by atoms with van der Waals surface area (Å²) >= 11 is 0. The van der Waals surface area contributed by atoms with Gasteiger partial charge in [0, 0.05) is 12.6 Å². The Hall–Kier alpha value is -1.84. The molecule has 2 rings (SSSR count). The third-order valence-corrected chi connectivity index (χ3v) is 3.31. The minimum atomic E-state index is 0.0803. The van der Waals surface area contributed by atoms with Crippen LogP contribution >= 0.6 is 0 Å². The van der Waals surface area contributed by atoms with E-state index in [0.717, 1.165) is 18.5 Å². The van der Waals surface area contributed by atoms with Crippen LogP contribution in [-0.4, -0.2) is 16.3 Å². The van der Waals surface area contributed by atoms with E-state index in [1.807, 2.05) is 30.3 Å². The van der Waals surface area contributed by atoms with Crippen molar-refractivity contribution < 1.29 is 10.2 Å². The summed E-state index contributed by atoms with van der Waals surface area (Å²) < 4.78 is 0. The van der Waals surface area contributed by atoms with Gasteiger partial charge in [-0.1, -0.05) is 36.4 Å². The smallest absolute Gasteiger partial charge is 0.115 e. The fourth-order valence-corrected chi connectivity index (χ4v) is 2.19. The second-order valence-corrected chi connectivity index (χ2v) is 5.13. The quantitative estimate of drug-likeness (QED) is 0.757. The van der Waals surface area contributed by atoms with Crippen LogP contribution < -0.4 is 5.32 Å². The zero-order chi connectivity index (χ0) is 14.4. The molecule has 1 unspecified atom stereocenters. The maximum atomic E-state index is 9.26. The predicted octanol–water partition coefficient (Wildman–Crippen LogP) is 2.61. The van der Waals surface area contributed by atoms with Gasteiger partial charge in [-0.25, -0.2) is 0 Å². The first-order chi connectivity index (χ1) is 9.67. The summed E-state index contributed by atoms with van der Waals surface area (Å²) in [5.41, 5.74) is 3.32. The number of aromatic hydroxyl groups is 1. The summed E-state index contributed by atoms with van der Waals surface area (Å²) in [4.78, 5) is 0. The van der Waals surface area contributed by atoms with Gasteiger partial charge >= 0.3 is 0 Å². The molecule has 0 amide bonds. The molecule has 3 nitrogen and oxygen atoms in total. The van der Waals surface area contributed by atoms with E-state index in [9.17, 15) is 5.11 Å². The van der Waals surface area contributed by atoms with E-state index in [2.05, 4.69) is 18.3 Å². The molecule has 20 heavy (non-hydrogen) atoms. The van der Waals surface area contributed by atoms with E-state index in [0.29, 0.717) is 11.8 Å². The first kappa shape index (κ1) is 14.6. The summed E-state index contributed by atoms with van der Waals surface area (Å²) in [6.45, 7) is 3.01. The Balaban J connectivity index is 1.85. The summed E-state index contributed by atoms with van der Waals surface area (Å²) in [6, 6.07) is 15.6. The molecule has 106 valence electrons. The number of nitrogens with one attached hydrogen (secondary N) is 1. The molecule has 0 saturated carbocycles. The van der Waals surface area contributed by atoms with Gasteiger partial charge in [-0.05, 0) is 42.2 Å². The summed E-state index contributed by atoms with van der Waals surface area (Å²) in [5, 5.41) is 21.8. The van der Waals surface area contributed by atoms with Crippen molar-refractivity contribution in [1.29, 1.82) is 0 Å². The minimum absolute atomic E-state index is 0.0803. The van der Waals surface area contributed by atoms with Gasteiger partial charge in [0.2, 0.25) is 0 Å². The zero-order valence-electron chi connectivity index (χ0n) is 11.7. The van der Waals surface area contributed by atoms with Gasteiger partial charge in [-0.15, -0.1) is 0 Å². The highest BCUT2D eigenvalue weighted by Gasteiger charge is 2.04. The highest BCUT2D eigenvalue weighted by atomic mass is 16.3. The number of rotatable bonds is 6. The molecule has 0 bridgehead atoms. The van der Waals surface area contributed by atoms with Gasteiger partial charge < -0.3 is 15.5 Å². The molecule has 0 heterocycles. The van der Waals surface area contributed by atoms with Crippen molar-refractivity contribution in [3.63, 3.8) is 0 Å². The number of phenols is 1.